The number of aromatic amines is 1. The minimum absolute atomic E-state index is 0.0679. The van der Waals surface area contributed by atoms with Crippen molar-refractivity contribution in [1.29, 1.82) is 0 Å². The van der Waals surface area contributed by atoms with Gasteiger partial charge in [0.15, 0.2) is 0 Å². The topological polar surface area (TPSA) is 101 Å². The highest BCUT2D eigenvalue weighted by Gasteiger charge is 2.06. The van der Waals surface area contributed by atoms with Crippen LogP contribution in [0, 0.1) is 0 Å². The molecule has 1 heterocycles. The van der Waals surface area contributed by atoms with Crippen LogP contribution in [-0.2, 0) is 0 Å². The third-order valence-electron chi connectivity index (χ3n) is 2.14. The Bertz CT molecular complexity index is 411. The predicted molar refractivity (Wildman–Crippen MR) is 53.6 cm³/mol. The second kappa shape index (κ2) is 4.16. The zero-order valence-electron chi connectivity index (χ0n) is 7.96. The van der Waals surface area contributed by atoms with E-state index in [-0.39, 0.29) is 12.6 Å². The van der Waals surface area contributed by atoms with Gasteiger partial charge in [-0.3, -0.25) is 0 Å². The molecule has 78 valence electrons. The molecule has 6 heteroatoms. The lowest BCUT2D eigenvalue weighted by molar-refractivity contribution is 0.268. The van der Waals surface area contributed by atoms with Crippen LogP contribution in [0.25, 0.3) is 11.4 Å². The van der Waals surface area contributed by atoms with Gasteiger partial charge in [0.25, 0.3) is 0 Å². The summed E-state index contributed by atoms with van der Waals surface area (Å²) in [6, 6.07) is 7.02. The molecular formula is C9H11N5O. The molecule has 0 bridgehead atoms. The fourth-order valence-corrected chi connectivity index (χ4v) is 1.27. The van der Waals surface area contributed by atoms with Gasteiger partial charge in [-0.2, -0.15) is 5.21 Å². The lowest BCUT2D eigenvalue weighted by Gasteiger charge is -2.07. The second-order valence-electron chi connectivity index (χ2n) is 3.15. The molecule has 0 aliphatic rings. The molecule has 0 fully saturated rings. The first-order chi connectivity index (χ1) is 7.31. The van der Waals surface area contributed by atoms with Gasteiger partial charge in [-0.25, -0.2) is 0 Å². The molecular weight excluding hydrogens is 194 g/mol. The SMILES string of the molecule is N[C@H](CO)c1ccc(-c2nn[nH]n2)cc1. The number of hydrogen-bond donors (Lipinski definition) is 3. The van der Waals surface area contributed by atoms with Crippen LogP contribution >= 0.6 is 0 Å². The van der Waals surface area contributed by atoms with Crippen LogP contribution < -0.4 is 5.73 Å². The zero-order valence-corrected chi connectivity index (χ0v) is 7.96. The van der Waals surface area contributed by atoms with Crippen molar-refractivity contribution in [3.8, 4) is 11.4 Å². The Kier molecular flexibility index (Phi) is 2.70. The van der Waals surface area contributed by atoms with E-state index in [2.05, 4.69) is 20.6 Å². The molecule has 6 nitrogen and oxygen atoms in total. The highest BCUT2D eigenvalue weighted by Crippen LogP contribution is 2.16. The van der Waals surface area contributed by atoms with E-state index in [9.17, 15) is 0 Å². The van der Waals surface area contributed by atoms with Gasteiger partial charge >= 0.3 is 0 Å². The van der Waals surface area contributed by atoms with Crippen molar-refractivity contribution >= 4 is 0 Å². The highest BCUT2D eigenvalue weighted by atomic mass is 16.3. The van der Waals surface area contributed by atoms with Crippen LogP contribution in [0.1, 0.15) is 11.6 Å². The molecule has 1 atom stereocenters. The van der Waals surface area contributed by atoms with Crippen LogP contribution in [0.3, 0.4) is 0 Å². The van der Waals surface area contributed by atoms with E-state index in [1.165, 1.54) is 0 Å². The van der Waals surface area contributed by atoms with Gasteiger partial charge in [0.05, 0.1) is 12.6 Å². The number of nitrogens with zero attached hydrogens (tertiary/aromatic N) is 3. The van der Waals surface area contributed by atoms with Crippen molar-refractivity contribution < 1.29 is 5.11 Å². The van der Waals surface area contributed by atoms with Crippen molar-refractivity contribution in [2.45, 2.75) is 6.04 Å². The quantitative estimate of drug-likeness (QED) is 0.647. The smallest absolute Gasteiger partial charge is 0.204 e. The van der Waals surface area contributed by atoms with Crippen LogP contribution in [0.2, 0.25) is 0 Å². The Morgan fingerprint density at radius 3 is 2.60 bits per heavy atom. The summed E-state index contributed by atoms with van der Waals surface area (Å²) >= 11 is 0. The highest BCUT2D eigenvalue weighted by molar-refractivity contribution is 5.54. The first-order valence-electron chi connectivity index (χ1n) is 4.51. The number of aromatic nitrogens is 4. The molecule has 0 aliphatic heterocycles. The lowest BCUT2D eigenvalue weighted by Crippen LogP contribution is -2.14. The molecule has 0 saturated heterocycles. The fourth-order valence-electron chi connectivity index (χ4n) is 1.27. The minimum Gasteiger partial charge on any atom is -0.394 e. The van der Waals surface area contributed by atoms with Crippen LogP contribution in [0.4, 0.5) is 0 Å². The number of rotatable bonds is 3. The van der Waals surface area contributed by atoms with Gasteiger partial charge in [-0.15, -0.1) is 10.2 Å². The molecule has 0 spiro atoms. The van der Waals surface area contributed by atoms with E-state index < -0.39 is 0 Å². The molecule has 1 aromatic heterocycles. The van der Waals surface area contributed by atoms with E-state index in [0.29, 0.717) is 5.82 Å². The second-order valence-corrected chi connectivity index (χ2v) is 3.15. The van der Waals surface area contributed by atoms with Crippen molar-refractivity contribution in [3.05, 3.63) is 29.8 Å². The largest absolute Gasteiger partial charge is 0.394 e. The Morgan fingerprint density at radius 1 is 1.33 bits per heavy atom. The number of nitrogens with one attached hydrogen (secondary N) is 1. The first kappa shape index (κ1) is 9.75. The summed E-state index contributed by atoms with van der Waals surface area (Å²) < 4.78 is 0. The zero-order chi connectivity index (χ0) is 10.7. The molecule has 0 amide bonds. The Hall–Kier alpha value is -1.79. The molecule has 0 unspecified atom stereocenters. The average molecular weight is 205 g/mol. The third-order valence-corrected chi connectivity index (χ3v) is 2.14. The monoisotopic (exact) mass is 205 g/mol. The van der Waals surface area contributed by atoms with Gasteiger partial charge in [0.2, 0.25) is 5.82 Å². The van der Waals surface area contributed by atoms with Crippen LogP contribution in [0.5, 0.6) is 0 Å². The van der Waals surface area contributed by atoms with Gasteiger partial charge in [-0.1, -0.05) is 24.3 Å². The maximum absolute atomic E-state index is 8.88. The fraction of sp³-hybridized carbons (Fsp3) is 0.222. The Morgan fingerprint density at radius 2 is 2.07 bits per heavy atom. The number of nitrogens with two attached hydrogens (primary N) is 1. The maximum Gasteiger partial charge on any atom is 0.204 e. The van der Waals surface area contributed by atoms with Gasteiger partial charge in [0.1, 0.15) is 0 Å². The summed E-state index contributed by atoms with van der Waals surface area (Å²) in [5.74, 6) is 0.541. The molecule has 2 aromatic rings. The number of hydrogen-bond acceptors (Lipinski definition) is 5. The summed E-state index contributed by atoms with van der Waals surface area (Å²) in [5.41, 5.74) is 7.40. The molecule has 0 radical (unpaired) electrons. The number of benzene rings is 1. The minimum atomic E-state index is -0.343. The number of aliphatic hydroxyl groups is 1. The number of tetrazole rings is 1. The van der Waals surface area contributed by atoms with Crippen molar-refractivity contribution in [2.24, 2.45) is 5.73 Å². The van der Waals surface area contributed by atoms with Crippen molar-refractivity contribution in [3.63, 3.8) is 0 Å². The van der Waals surface area contributed by atoms with E-state index in [4.69, 9.17) is 10.8 Å². The molecule has 15 heavy (non-hydrogen) atoms. The Balaban J connectivity index is 2.25. The Labute approximate surface area is 86.1 Å². The predicted octanol–water partition coefficient (Wildman–Crippen LogP) is -0.141. The van der Waals surface area contributed by atoms with Crippen LogP contribution in [0.15, 0.2) is 24.3 Å². The van der Waals surface area contributed by atoms with E-state index in [1.807, 2.05) is 24.3 Å². The van der Waals surface area contributed by atoms with Gasteiger partial charge in [0, 0.05) is 5.56 Å². The van der Waals surface area contributed by atoms with E-state index >= 15 is 0 Å². The summed E-state index contributed by atoms with van der Waals surface area (Å²) in [4.78, 5) is 0. The molecule has 0 saturated carbocycles. The molecule has 4 N–H and O–H groups in total. The normalized spacial score (nSPS) is 12.7. The van der Waals surface area contributed by atoms with Gasteiger partial charge in [-0.05, 0) is 10.8 Å². The van der Waals surface area contributed by atoms with Gasteiger partial charge < -0.3 is 10.8 Å². The van der Waals surface area contributed by atoms with E-state index in [0.717, 1.165) is 11.1 Å². The van der Waals surface area contributed by atoms with E-state index in [1.54, 1.807) is 0 Å². The maximum atomic E-state index is 8.88. The summed E-state index contributed by atoms with van der Waals surface area (Å²) in [7, 11) is 0. The summed E-state index contributed by atoms with van der Waals surface area (Å²) in [6.45, 7) is -0.0679. The average Bonchev–Trinajstić information content (AvgIpc) is 2.82. The molecule has 2 rings (SSSR count). The van der Waals surface area contributed by atoms with Crippen LogP contribution in [-0.4, -0.2) is 32.3 Å². The van der Waals surface area contributed by atoms with Crippen molar-refractivity contribution in [1.82, 2.24) is 20.6 Å². The summed E-state index contributed by atoms with van der Waals surface area (Å²) in [5, 5.41) is 22.4. The lowest BCUT2D eigenvalue weighted by atomic mass is 10.1. The number of aliphatic hydroxyl groups excluding tert-OH is 1. The first-order valence-corrected chi connectivity index (χ1v) is 4.51. The molecule has 0 aliphatic carbocycles. The van der Waals surface area contributed by atoms with Crippen molar-refractivity contribution in [2.75, 3.05) is 6.61 Å². The standard InChI is InChI=1S/C9H11N5O/c10-8(5-15)6-1-3-7(4-2-6)9-11-13-14-12-9/h1-4,8,15H,5,10H2,(H,11,12,13,14)/t8-/m1/s1. The number of H-pyrrole nitrogens is 1. The summed E-state index contributed by atoms with van der Waals surface area (Å²) in [6.07, 6.45) is 0. The third kappa shape index (κ3) is 2.00. The molecule has 1 aromatic carbocycles.